The third kappa shape index (κ3) is 6.30. The highest BCUT2D eigenvalue weighted by atomic mass is 79.9. The lowest BCUT2D eigenvalue weighted by molar-refractivity contribution is 0.0513. The Balaban J connectivity index is 1.52. The van der Waals surface area contributed by atoms with Gasteiger partial charge in [0.1, 0.15) is 11.4 Å². The van der Waals surface area contributed by atoms with Crippen LogP contribution >= 0.6 is 27.5 Å². The maximum absolute atomic E-state index is 14.0. The number of hydrogen-bond donors (Lipinski definition) is 1. The second kappa shape index (κ2) is 14.3. The maximum atomic E-state index is 14.0. The summed E-state index contributed by atoms with van der Waals surface area (Å²) in [6.45, 7) is 4.65. The number of nitrogens with zero attached hydrogens (tertiary/aromatic N) is 3. The van der Waals surface area contributed by atoms with Crippen LogP contribution in [0, 0.1) is 6.92 Å². The third-order valence-corrected chi connectivity index (χ3v) is 9.64. The van der Waals surface area contributed by atoms with Gasteiger partial charge in [-0.15, -0.1) is 0 Å². The van der Waals surface area contributed by atoms with Crippen LogP contribution in [0.4, 0.5) is 0 Å². The van der Waals surface area contributed by atoms with Crippen molar-refractivity contribution in [3.05, 3.63) is 118 Å². The van der Waals surface area contributed by atoms with Crippen molar-refractivity contribution in [3.8, 4) is 16.9 Å². The van der Waals surface area contributed by atoms with E-state index >= 15 is 0 Å². The molecule has 1 N–H and O–H groups in total. The molecule has 0 aliphatic carbocycles. The minimum atomic E-state index is -0.391. The van der Waals surface area contributed by atoms with Gasteiger partial charge in [-0.2, -0.15) is 5.10 Å². The number of aliphatic hydroxyl groups excluding tert-OH is 1. The van der Waals surface area contributed by atoms with Crippen LogP contribution < -0.4 is 4.74 Å². The van der Waals surface area contributed by atoms with Gasteiger partial charge in [-0.1, -0.05) is 94.3 Å². The van der Waals surface area contributed by atoms with Gasteiger partial charge in [0.25, 0.3) is 0 Å². The monoisotopic (exact) mass is 713 g/mol. The molecule has 242 valence electrons. The molecule has 9 heteroatoms. The number of benzene rings is 4. The molecule has 47 heavy (non-hydrogen) atoms. The van der Waals surface area contributed by atoms with Gasteiger partial charge in [0.2, 0.25) is 0 Å². The number of rotatable bonds is 12. The molecule has 6 aromatic rings. The lowest BCUT2D eigenvalue weighted by atomic mass is 9.98. The van der Waals surface area contributed by atoms with Crippen LogP contribution in [-0.2, 0) is 36.7 Å². The van der Waals surface area contributed by atoms with Gasteiger partial charge in [0.05, 0.1) is 36.1 Å². The SMILES string of the molecule is CCOC(=O)c1c(CCCOc2cccc3ccccc23)c2ccc(Cl)c(-c3c(CO)nn(C)c3C)c2n1Cc1ccccc1CBr. The van der Waals surface area contributed by atoms with Crippen molar-refractivity contribution in [3.63, 3.8) is 0 Å². The van der Waals surface area contributed by atoms with Gasteiger partial charge >= 0.3 is 5.97 Å². The van der Waals surface area contributed by atoms with E-state index in [9.17, 15) is 9.90 Å². The van der Waals surface area contributed by atoms with E-state index in [1.807, 2.05) is 74.0 Å². The van der Waals surface area contributed by atoms with Gasteiger partial charge in [-0.25, -0.2) is 4.79 Å². The molecule has 2 heterocycles. The quantitative estimate of drug-likeness (QED) is 0.0779. The van der Waals surface area contributed by atoms with Crippen molar-refractivity contribution in [1.82, 2.24) is 14.3 Å². The highest BCUT2D eigenvalue weighted by Gasteiger charge is 2.29. The average molecular weight is 715 g/mol. The molecule has 0 amide bonds. The Bertz CT molecular complexity index is 2080. The molecular weight excluding hydrogens is 678 g/mol. The summed E-state index contributed by atoms with van der Waals surface area (Å²) in [6, 6.07) is 26.3. The van der Waals surface area contributed by atoms with Gasteiger partial charge in [0.15, 0.2) is 0 Å². The van der Waals surface area contributed by atoms with Crippen LogP contribution in [0.2, 0.25) is 5.02 Å². The highest BCUT2D eigenvalue weighted by Crippen LogP contribution is 2.43. The first kappa shape index (κ1) is 32.8. The molecule has 0 spiro atoms. The molecule has 0 saturated carbocycles. The largest absolute Gasteiger partial charge is 0.493 e. The number of carbonyl (C=O) groups excluding carboxylic acids is 1. The summed E-state index contributed by atoms with van der Waals surface area (Å²) < 4.78 is 15.8. The fraction of sp³-hybridized carbons (Fsp3) is 0.263. The number of hydrogen-bond acceptors (Lipinski definition) is 5. The number of aromatic nitrogens is 3. The molecule has 0 unspecified atom stereocenters. The average Bonchev–Trinajstić information content (AvgIpc) is 3.55. The van der Waals surface area contributed by atoms with Crippen LogP contribution in [0.1, 0.15) is 51.9 Å². The Morgan fingerprint density at radius 1 is 0.957 bits per heavy atom. The second-order valence-corrected chi connectivity index (χ2v) is 12.4. The van der Waals surface area contributed by atoms with Crippen molar-refractivity contribution in [2.75, 3.05) is 13.2 Å². The second-order valence-electron chi connectivity index (χ2n) is 11.5. The first-order chi connectivity index (χ1) is 22.9. The fourth-order valence-electron chi connectivity index (χ4n) is 6.45. The Kier molecular flexibility index (Phi) is 10.0. The van der Waals surface area contributed by atoms with Crippen LogP contribution in [0.15, 0.2) is 78.9 Å². The molecule has 6 rings (SSSR count). The van der Waals surface area contributed by atoms with Crippen molar-refractivity contribution in [2.45, 2.75) is 45.2 Å². The first-order valence-corrected chi connectivity index (χ1v) is 17.3. The first-order valence-electron chi connectivity index (χ1n) is 15.8. The maximum Gasteiger partial charge on any atom is 0.355 e. The smallest absolute Gasteiger partial charge is 0.355 e. The van der Waals surface area contributed by atoms with Crippen molar-refractivity contribution < 1.29 is 19.4 Å². The zero-order chi connectivity index (χ0) is 33.1. The summed E-state index contributed by atoms with van der Waals surface area (Å²) in [7, 11) is 1.85. The van der Waals surface area contributed by atoms with E-state index < -0.39 is 5.97 Å². The van der Waals surface area contributed by atoms with Crippen LogP contribution in [0.5, 0.6) is 5.75 Å². The van der Waals surface area contributed by atoms with Gasteiger partial charge < -0.3 is 19.1 Å². The molecule has 0 radical (unpaired) electrons. The fourth-order valence-corrected chi connectivity index (χ4v) is 7.25. The van der Waals surface area contributed by atoms with Gasteiger partial charge in [-0.3, -0.25) is 4.68 Å². The summed E-state index contributed by atoms with van der Waals surface area (Å²) in [5.74, 6) is 0.442. The number of ether oxygens (including phenoxy) is 2. The lowest BCUT2D eigenvalue weighted by Gasteiger charge is -2.16. The van der Waals surface area contributed by atoms with E-state index in [0.29, 0.717) is 47.7 Å². The normalized spacial score (nSPS) is 11.4. The molecule has 0 aliphatic heterocycles. The molecule has 7 nitrogen and oxygen atoms in total. The summed E-state index contributed by atoms with van der Waals surface area (Å²) >= 11 is 10.7. The zero-order valence-corrected chi connectivity index (χ0v) is 29.1. The number of aliphatic hydroxyl groups is 1. The molecule has 0 saturated heterocycles. The van der Waals surface area contributed by atoms with Crippen molar-refractivity contribution >= 4 is 55.2 Å². The molecule has 4 aromatic carbocycles. The standard InChI is InChI=1S/C38H37BrClN3O4/c1-4-46-38(45)37-29(16-10-20-47-33-17-9-14-25-11-7-8-15-28(25)33)30-18-19-31(40)35(34-24(2)42(3)41-32(34)23-44)36(30)43(37)22-27-13-6-5-12-26(27)21-39/h5-9,11-15,17-19,44H,4,10,16,20-23H2,1-3H3. The number of aryl methyl sites for hydroxylation is 2. The van der Waals surface area contributed by atoms with Crippen molar-refractivity contribution in [2.24, 2.45) is 7.05 Å². The minimum Gasteiger partial charge on any atom is -0.493 e. The van der Waals surface area contributed by atoms with Gasteiger partial charge in [-0.05, 0) is 60.9 Å². The van der Waals surface area contributed by atoms with E-state index in [4.69, 9.17) is 21.1 Å². The predicted octanol–water partition coefficient (Wildman–Crippen LogP) is 8.78. The Morgan fingerprint density at radius 2 is 1.70 bits per heavy atom. The number of carbonyl (C=O) groups is 1. The number of halogens is 2. The zero-order valence-electron chi connectivity index (χ0n) is 26.7. The topological polar surface area (TPSA) is 78.5 Å². The third-order valence-electron chi connectivity index (χ3n) is 8.72. The molecule has 0 aliphatic rings. The number of fused-ring (bicyclic) bond motifs is 2. The van der Waals surface area contributed by atoms with E-state index in [1.165, 1.54) is 0 Å². The molecule has 0 atom stereocenters. The molecule has 2 aromatic heterocycles. The van der Waals surface area contributed by atoms with Crippen molar-refractivity contribution in [1.29, 1.82) is 0 Å². The van der Waals surface area contributed by atoms with Crippen LogP contribution in [0.25, 0.3) is 32.8 Å². The Hall–Kier alpha value is -4.11. The van der Waals surface area contributed by atoms with E-state index in [1.54, 1.807) is 4.68 Å². The minimum absolute atomic E-state index is 0.242. The molecular formula is C38H37BrClN3O4. The number of esters is 1. The molecule has 0 bridgehead atoms. The lowest BCUT2D eigenvalue weighted by Crippen LogP contribution is -2.16. The van der Waals surface area contributed by atoms with E-state index in [2.05, 4.69) is 51.4 Å². The summed E-state index contributed by atoms with van der Waals surface area (Å²) in [5.41, 5.74) is 7.24. The summed E-state index contributed by atoms with van der Waals surface area (Å²) in [5, 5.41) is 19.2. The van der Waals surface area contributed by atoms with Crippen LogP contribution in [-0.4, -0.2) is 38.6 Å². The van der Waals surface area contributed by atoms with Crippen LogP contribution in [0.3, 0.4) is 0 Å². The summed E-state index contributed by atoms with van der Waals surface area (Å²) in [6.07, 6.45) is 1.24. The molecule has 0 fully saturated rings. The predicted molar refractivity (Wildman–Crippen MR) is 192 cm³/mol. The summed E-state index contributed by atoms with van der Waals surface area (Å²) in [4.78, 5) is 14.0. The highest BCUT2D eigenvalue weighted by molar-refractivity contribution is 9.08. The van der Waals surface area contributed by atoms with E-state index in [0.717, 1.165) is 60.9 Å². The Labute approximate surface area is 287 Å². The van der Waals surface area contributed by atoms with Gasteiger partial charge in [0, 0.05) is 46.5 Å². The van der Waals surface area contributed by atoms with E-state index in [-0.39, 0.29) is 13.2 Å². The number of alkyl halides is 1. The Morgan fingerprint density at radius 3 is 2.47 bits per heavy atom.